The van der Waals surface area contributed by atoms with Gasteiger partial charge in [-0.05, 0) is 12.1 Å². The van der Waals surface area contributed by atoms with Gasteiger partial charge in [-0.25, -0.2) is 18.0 Å². The molecule has 3 amide bonds. The molecule has 2 aromatic rings. The Bertz CT molecular complexity index is 704. The highest BCUT2D eigenvalue weighted by Gasteiger charge is 2.13. The van der Waals surface area contributed by atoms with Crippen molar-refractivity contribution in [1.29, 1.82) is 0 Å². The van der Waals surface area contributed by atoms with Gasteiger partial charge in [-0.1, -0.05) is 0 Å². The molecule has 1 aromatic carbocycles. The molecule has 0 bridgehead atoms. The molecule has 1 heterocycles. The van der Waals surface area contributed by atoms with Gasteiger partial charge in [0, 0.05) is 12.1 Å². The standard InChI is InChI=1S/C14H11F3N2O4/c15-9-4-11(17)12(5-10(9)16)23-7-13(20)19-14(21)18-6-8-2-1-3-22-8/h1-5H,6-7H2,(H2,18,19,20,21). The number of amides is 3. The molecule has 0 aliphatic carbocycles. The number of furan rings is 1. The average Bonchev–Trinajstić information content (AvgIpc) is 3.01. The zero-order chi connectivity index (χ0) is 16.8. The van der Waals surface area contributed by atoms with Gasteiger partial charge in [0.1, 0.15) is 5.76 Å². The van der Waals surface area contributed by atoms with Gasteiger partial charge in [-0.15, -0.1) is 0 Å². The lowest BCUT2D eigenvalue weighted by Gasteiger charge is -2.08. The van der Waals surface area contributed by atoms with Crippen molar-refractivity contribution in [1.82, 2.24) is 10.6 Å². The number of benzene rings is 1. The third-order valence-electron chi connectivity index (χ3n) is 2.59. The maximum atomic E-state index is 13.3. The molecule has 0 aliphatic rings. The molecule has 0 spiro atoms. The normalized spacial score (nSPS) is 10.2. The van der Waals surface area contributed by atoms with Crippen molar-refractivity contribution in [2.45, 2.75) is 6.54 Å². The summed E-state index contributed by atoms with van der Waals surface area (Å²) in [6, 6.07) is 3.19. The van der Waals surface area contributed by atoms with Crippen LogP contribution in [0, 0.1) is 17.5 Å². The molecule has 23 heavy (non-hydrogen) atoms. The first kappa shape index (κ1) is 16.4. The fraction of sp³-hybridized carbons (Fsp3) is 0.143. The highest BCUT2D eigenvalue weighted by atomic mass is 19.2. The van der Waals surface area contributed by atoms with E-state index in [0.29, 0.717) is 17.9 Å². The molecule has 0 saturated heterocycles. The lowest BCUT2D eigenvalue weighted by molar-refractivity contribution is -0.122. The molecule has 1 aromatic heterocycles. The summed E-state index contributed by atoms with van der Waals surface area (Å²) in [6.45, 7) is -0.694. The molecule has 2 N–H and O–H groups in total. The van der Waals surface area contributed by atoms with Gasteiger partial charge < -0.3 is 14.5 Å². The van der Waals surface area contributed by atoms with Crippen LogP contribution < -0.4 is 15.4 Å². The van der Waals surface area contributed by atoms with Crippen molar-refractivity contribution < 1.29 is 31.9 Å². The van der Waals surface area contributed by atoms with E-state index in [2.05, 4.69) is 5.32 Å². The molecule has 0 atom stereocenters. The van der Waals surface area contributed by atoms with E-state index in [0.717, 1.165) is 0 Å². The van der Waals surface area contributed by atoms with E-state index >= 15 is 0 Å². The maximum absolute atomic E-state index is 13.3. The number of carbonyl (C=O) groups is 2. The molecule has 0 fully saturated rings. The first-order valence-corrected chi connectivity index (χ1v) is 6.33. The van der Waals surface area contributed by atoms with E-state index in [9.17, 15) is 22.8 Å². The fourth-order valence-electron chi connectivity index (χ4n) is 1.55. The molecular weight excluding hydrogens is 317 g/mol. The van der Waals surface area contributed by atoms with Gasteiger partial charge in [0.05, 0.1) is 12.8 Å². The summed E-state index contributed by atoms with van der Waals surface area (Å²) in [7, 11) is 0. The van der Waals surface area contributed by atoms with Gasteiger partial charge in [-0.3, -0.25) is 10.1 Å². The van der Waals surface area contributed by atoms with Gasteiger partial charge in [0.15, 0.2) is 29.8 Å². The molecular formula is C14H11F3N2O4. The van der Waals surface area contributed by atoms with E-state index in [1.54, 1.807) is 12.1 Å². The second-order valence-corrected chi connectivity index (χ2v) is 4.30. The highest BCUT2D eigenvalue weighted by molar-refractivity contribution is 5.94. The van der Waals surface area contributed by atoms with Gasteiger partial charge in [0.2, 0.25) is 0 Å². The third kappa shape index (κ3) is 4.77. The van der Waals surface area contributed by atoms with Crippen molar-refractivity contribution in [2.75, 3.05) is 6.61 Å². The molecule has 6 nitrogen and oxygen atoms in total. The Hall–Kier alpha value is -2.97. The predicted molar refractivity (Wildman–Crippen MR) is 70.9 cm³/mol. The average molecular weight is 328 g/mol. The summed E-state index contributed by atoms with van der Waals surface area (Å²) in [5.41, 5.74) is 0. The van der Waals surface area contributed by atoms with Crippen LogP contribution in [0.25, 0.3) is 0 Å². The Labute approximate surface area is 128 Å². The molecule has 2 rings (SSSR count). The lowest BCUT2D eigenvalue weighted by Crippen LogP contribution is -2.41. The number of hydrogen-bond donors (Lipinski definition) is 2. The number of rotatable bonds is 5. The zero-order valence-corrected chi connectivity index (χ0v) is 11.6. The number of halogens is 3. The number of hydrogen-bond acceptors (Lipinski definition) is 4. The molecule has 0 radical (unpaired) electrons. The number of urea groups is 1. The van der Waals surface area contributed by atoms with Crippen LogP contribution in [0.4, 0.5) is 18.0 Å². The zero-order valence-electron chi connectivity index (χ0n) is 11.6. The van der Waals surface area contributed by atoms with E-state index in [4.69, 9.17) is 9.15 Å². The van der Waals surface area contributed by atoms with Crippen LogP contribution in [-0.4, -0.2) is 18.5 Å². The summed E-state index contributed by atoms with van der Waals surface area (Å²) in [4.78, 5) is 22.8. The predicted octanol–water partition coefficient (Wildman–Crippen LogP) is 2.10. The van der Waals surface area contributed by atoms with Crippen LogP contribution in [0.2, 0.25) is 0 Å². The number of nitrogens with one attached hydrogen (secondary N) is 2. The lowest BCUT2D eigenvalue weighted by atomic mass is 10.3. The molecule has 0 unspecified atom stereocenters. The summed E-state index contributed by atoms with van der Waals surface area (Å²) in [6.07, 6.45) is 1.42. The van der Waals surface area contributed by atoms with Gasteiger partial charge >= 0.3 is 6.03 Å². The van der Waals surface area contributed by atoms with E-state index in [1.165, 1.54) is 6.26 Å². The second kappa shape index (κ2) is 7.34. The van der Waals surface area contributed by atoms with Crippen LogP contribution in [0.3, 0.4) is 0 Å². The van der Waals surface area contributed by atoms with E-state index < -0.39 is 41.7 Å². The summed E-state index contributed by atoms with van der Waals surface area (Å²) >= 11 is 0. The SMILES string of the molecule is O=C(COc1cc(F)c(F)cc1F)NC(=O)NCc1ccco1. The third-order valence-corrected chi connectivity index (χ3v) is 2.59. The largest absolute Gasteiger partial charge is 0.481 e. The van der Waals surface area contributed by atoms with Crippen LogP contribution >= 0.6 is 0 Å². The molecule has 122 valence electrons. The second-order valence-electron chi connectivity index (χ2n) is 4.30. The molecule has 0 aliphatic heterocycles. The van der Waals surface area contributed by atoms with Crippen molar-refractivity contribution in [3.63, 3.8) is 0 Å². The Morgan fingerprint density at radius 1 is 1.13 bits per heavy atom. The first-order valence-electron chi connectivity index (χ1n) is 6.33. The molecule has 9 heteroatoms. The Morgan fingerprint density at radius 3 is 2.57 bits per heavy atom. The van der Waals surface area contributed by atoms with Crippen LogP contribution in [0.1, 0.15) is 5.76 Å². The van der Waals surface area contributed by atoms with E-state index in [-0.39, 0.29) is 6.54 Å². The topological polar surface area (TPSA) is 80.6 Å². The highest BCUT2D eigenvalue weighted by Crippen LogP contribution is 2.20. The Balaban J connectivity index is 1.78. The first-order chi connectivity index (χ1) is 11.0. The quantitative estimate of drug-likeness (QED) is 0.824. The molecule has 0 saturated carbocycles. The van der Waals surface area contributed by atoms with Crippen molar-refractivity contribution in [2.24, 2.45) is 0 Å². The Kier molecular flexibility index (Phi) is 5.23. The fourth-order valence-corrected chi connectivity index (χ4v) is 1.55. The van der Waals surface area contributed by atoms with Crippen molar-refractivity contribution in [3.05, 3.63) is 53.7 Å². The van der Waals surface area contributed by atoms with Gasteiger partial charge in [-0.2, -0.15) is 0 Å². The van der Waals surface area contributed by atoms with Crippen LogP contribution in [0.5, 0.6) is 5.75 Å². The van der Waals surface area contributed by atoms with E-state index in [1.807, 2.05) is 5.32 Å². The minimum absolute atomic E-state index is 0.0603. The summed E-state index contributed by atoms with van der Waals surface area (Å²) < 4.78 is 48.6. The smallest absolute Gasteiger partial charge is 0.321 e. The summed E-state index contributed by atoms with van der Waals surface area (Å²) in [5.74, 6) is -4.93. The van der Waals surface area contributed by atoms with Crippen LogP contribution in [-0.2, 0) is 11.3 Å². The number of imide groups is 1. The number of ether oxygens (including phenoxy) is 1. The number of carbonyl (C=O) groups excluding carboxylic acids is 2. The Morgan fingerprint density at radius 2 is 1.87 bits per heavy atom. The monoisotopic (exact) mass is 328 g/mol. The maximum Gasteiger partial charge on any atom is 0.321 e. The van der Waals surface area contributed by atoms with Crippen molar-refractivity contribution in [3.8, 4) is 5.75 Å². The van der Waals surface area contributed by atoms with Crippen molar-refractivity contribution >= 4 is 11.9 Å². The van der Waals surface area contributed by atoms with Gasteiger partial charge in [0.25, 0.3) is 5.91 Å². The minimum Gasteiger partial charge on any atom is -0.481 e. The van der Waals surface area contributed by atoms with Crippen LogP contribution in [0.15, 0.2) is 34.9 Å². The summed E-state index contributed by atoms with van der Waals surface area (Å²) in [5, 5.41) is 4.25. The minimum atomic E-state index is -1.38.